The molecular weight excluding hydrogens is 219 g/mol. The van der Waals surface area contributed by atoms with E-state index >= 15 is 0 Å². The SMILES string of the molecule is Cc1cc(N)cc(C(=O)N(C)CC2CC2)c1F. The van der Waals surface area contributed by atoms with Gasteiger partial charge < -0.3 is 10.6 Å². The number of aryl methyl sites for hydroxylation is 1. The zero-order valence-electron chi connectivity index (χ0n) is 10.2. The summed E-state index contributed by atoms with van der Waals surface area (Å²) in [7, 11) is 1.71. The van der Waals surface area contributed by atoms with Gasteiger partial charge in [-0.15, -0.1) is 0 Å². The first-order valence-electron chi connectivity index (χ1n) is 5.80. The zero-order chi connectivity index (χ0) is 12.6. The largest absolute Gasteiger partial charge is 0.399 e. The third kappa shape index (κ3) is 2.57. The van der Waals surface area contributed by atoms with Gasteiger partial charge in [0.25, 0.3) is 5.91 Å². The van der Waals surface area contributed by atoms with Crippen LogP contribution >= 0.6 is 0 Å². The van der Waals surface area contributed by atoms with Gasteiger partial charge in [-0.3, -0.25) is 4.79 Å². The molecule has 0 saturated heterocycles. The van der Waals surface area contributed by atoms with Gasteiger partial charge in [0.05, 0.1) is 5.56 Å². The van der Waals surface area contributed by atoms with E-state index in [1.54, 1.807) is 18.9 Å². The maximum Gasteiger partial charge on any atom is 0.256 e. The van der Waals surface area contributed by atoms with E-state index in [1.165, 1.54) is 12.1 Å². The first kappa shape index (κ1) is 11.9. The molecule has 1 aliphatic carbocycles. The van der Waals surface area contributed by atoms with Gasteiger partial charge in [0.2, 0.25) is 0 Å². The predicted molar refractivity (Wildman–Crippen MR) is 65.2 cm³/mol. The summed E-state index contributed by atoms with van der Waals surface area (Å²) in [5, 5.41) is 0. The number of hydrogen-bond acceptors (Lipinski definition) is 2. The van der Waals surface area contributed by atoms with E-state index in [0.29, 0.717) is 23.7 Å². The van der Waals surface area contributed by atoms with Crippen molar-refractivity contribution in [3.63, 3.8) is 0 Å². The number of benzene rings is 1. The monoisotopic (exact) mass is 236 g/mol. The normalized spacial score (nSPS) is 14.8. The quantitative estimate of drug-likeness (QED) is 0.818. The number of rotatable bonds is 3. The van der Waals surface area contributed by atoms with Crippen molar-refractivity contribution in [3.8, 4) is 0 Å². The maximum atomic E-state index is 13.8. The van der Waals surface area contributed by atoms with Crippen molar-refractivity contribution in [2.45, 2.75) is 19.8 Å². The Labute approximate surface area is 100 Å². The minimum atomic E-state index is -0.466. The topological polar surface area (TPSA) is 46.3 Å². The first-order valence-corrected chi connectivity index (χ1v) is 5.80. The lowest BCUT2D eigenvalue weighted by molar-refractivity contribution is 0.0784. The number of halogens is 1. The standard InChI is InChI=1S/C13H17FN2O/c1-8-5-10(15)6-11(12(8)14)13(17)16(2)7-9-3-4-9/h5-6,9H,3-4,7,15H2,1-2H3. The van der Waals surface area contributed by atoms with Crippen LogP contribution in [0.3, 0.4) is 0 Å². The Morgan fingerprint density at radius 2 is 2.18 bits per heavy atom. The average molecular weight is 236 g/mol. The molecule has 1 amide bonds. The average Bonchev–Trinajstić information content (AvgIpc) is 3.06. The lowest BCUT2D eigenvalue weighted by Crippen LogP contribution is -2.29. The van der Waals surface area contributed by atoms with Crippen LogP contribution in [0.15, 0.2) is 12.1 Å². The summed E-state index contributed by atoms with van der Waals surface area (Å²) in [6.07, 6.45) is 2.33. The van der Waals surface area contributed by atoms with Gasteiger partial charge in [0.1, 0.15) is 5.82 Å². The van der Waals surface area contributed by atoms with E-state index < -0.39 is 5.82 Å². The highest BCUT2D eigenvalue weighted by Gasteiger charge is 2.26. The number of amides is 1. The van der Waals surface area contributed by atoms with Crippen LogP contribution in [0.25, 0.3) is 0 Å². The number of carbonyl (C=O) groups is 1. The Kier molecular flexibility index (Phi) is 3.05. The van der Waals surface area contributed by atoms with Crippen LogP contribution < -0.4 is 5.73 Å². The van der Waals surface area contributed by atoms with Gasteiger partial charge >= 0.3 is 0 Å². The van der Waals surface area contributed by atoms with Gasteiger partial charge in [-0.2, -0.15) is 0 Å². The fourth-order valence-corrected chi connectivity index (χ4v) is 1.93. The molecule has 0 aromatic heterocycles. The molecule has 1 aromatic rings. The number of nitrogens with zero attached hydrogens (tertiary/aromatic N) is 1. The predicted octanol–water partition coefficient (Wildman–Crippen LogP) is 2.20. The smallest absolute Gasteiger partial charge is 0.256 e. The Bertz CT molecular complexity index is 455. The van der Waals surface area contributed by atoms with E-state index in [9.17, 15) is 9.18 Å². The second-order valence-electron chi connectivity index (χ2n) is 4.83. The van der Waals surface area contributed by atoms with Crippen LogP contribution in [0, 0.1) is 18.7 Å². The summed E-state index contributed by atoms with van der Waals surface area (Å²) in [5.41, 5.74) is 6.55. The summed E-state index contributed by atoms with van der Waals surface area (Å²) >= 11 is 0. The molecule has 2 rings (SSSR count). The van der Waals surface area contributed by atoms with Gasteiger partial charge in [-0.05, 0) is 43.4 Å². The first-order chi connectivity index (χ1) is 7.99. The van der Waals surface area contributed by atoms with E-state index in [4.69, 9.17) is 5.73 Å². The molecule has 17 heavy (non-hydrogen) atoms. The Morgan fingerprint density at radius 3 is 2.76 bits per heavy atom. The summed E-state index contributed by atoms with van der Waals surface area (Å²) in [6, 6.07) is 2.95. The third-order valence-electron chi connectivity index (χ3n) is 3.08. The third-order valence-corrected chi connectivity index (χ3v) is 3.08. The van der Waals surface area contributed by atoms with E-state index in [0.717, 1.165) is 12.8 Å². The summed E-state index contributed by atoms with van der Waals surface area (Å²) in [6.45, 7) is 2.31. The molecule has 0 atom stereocenters. The van der Waals surface area contributed by atoms with Crippen molar-refractivity contribution < 1.29 is 9.18 Å². The minimum absolute atomic E-state index is 0.0747. The second kappa shape index (κ2) is 4.35. The van der Waals surface area contributed by atoms with Crippen LogP contribution in [0.2, 0.25) is 0 Å². The van der Waals surface area contributed by atoms with E-state index in [2.05, 4.69) is 0 Å². The second-order valence-corrected chi connectivity index (χ2v) is 4.83. The molecule has 1 fully saturated rings. The molecule has 4 heteroatoms. The Morgan fingerprint density at radius 1 is 1.53 bits per heavy atom. The highest BCUT2D eigenvalue weighted by atomic mass is 19.1. The van der Waals surface area contributed by atoms with Crippen molar-refractivity contribution in [3.05, 3.63) is 29.1 Å². The molecule has 1 saturated carbocycles. The number of carbonyl (C=O) groups excluding carboxylic acids is 1. The van der Waals surface area contributed by atoms with Crippen molar-refractivity contribution in [1.29, 1.82) is 0 Å². The Hall–Kier alpha value is -1.58. The van der Waals surface area contributed by atoms with Gasteiger partial charge in [0, 0.05) is 19.3 Å². The van der Waals surface area contributed by atoms with E-state index in [-0.39, 0.29) is 11.5 Å². The lowest BCUT2D eigenvalue weighted by atomic mass is 10.1. The molecule has 1 aliphatic rings. The summed E-state index contributed by atoms with van der Waals surface area (Å²) in [5.74, 6) is -0.161. The molecule has 3 nitrogen and oxygen atoms in total. The molecule has 0 radical (unpaired) electrons. The molecule has 0 unspecified atom stereocenters. The van der Waals surface area contributed by atoms with Gasteiger partial charge in [0.15, 0.2) is 0 Å². The molecule has 1 aromatic carbocycles. The lowest BCUT2D eigenvalue weighted by Gasteiger charge is -2.18. The summed E-state index contributed by atoms with van der Waals surface area (Å²) in [4.78, 5) is 13.6. The van der Waals surface area contributed by atoms with Crippen LogP contribution in [-0.2, 0) is 0 Å². The number of nitrogen functional groups attached to an aromatic ring is 1. The maximum absolute atomic E-state index is 13.8. The molecule has 92 valence electrons. The molecular formula is C13H17FN2O. The van der Waals surface area contributed by atoms with Crippen molar-refractivity contribution in [1.82, 2.24) is 4.90 Å². The van der Waals surface area contributed by atoms with Gasteiger partial charge in [-0.1, -0.05) is 0 Å². The molecule has 0 bridgehead atoms. The van der Waals surface area contributed by atoms with Gasteiger partial charge in [-0.25, -0.2) is 4.39 Å². The highest BCUT2D eigenvalue weighted by Crippen LogP contribution is 2.30. The van der Waals surface area contributed by atoms with Crippen molar-refractivity contribution in [2.24, 2.45) is 5.92 Å². The van der Waals surface area contributed by atoms with Crippen LogP contribution in [0.4, 0.5) is 10.1 Å². The fraction of sp³-hybridized carbons (Fsp3) is 0.462. The molecule has 0 spiro atoms. The number of nitrogens with two attached hydrogens (primary N) is 1. The zero-order valence-corrected chi connectivity index (χ0v) is 10.2. The van der Waals surface area contributed by atoms with Crippen molar-refractivity contribution in [2.75, 3.05) is 19.3 Å². The number of hydrogen-bond donors (Lipinski definition) is 1. The fourth-order valence-electron chi connectivity index (χ4n) is 1.93. The van der Waals surface area contributed by atoms with Crippen molar-refractivity contribution >= 4 is 11.6 Å². The highest BCUT2D eigenvalue weighted by molar-refractivity contribution is 5.95. The minimum Gasteiger partial charge on any atom is -0.399 e. The summed E-state index contributed by atoms with van der Waals surface area (Å²) < 4.78 is 13.8. The van der Waals surface area contributed by atoms with Crippen LogP contribution in [0.5, 0.6) is 0 Å². The van der Waals surface area contributed by atoms with Crippen LogP contribution in [0.1, 0.15) is 28.8 Å². The molecule has 0 aliphatic heterocycles. The van der Waals surface area contributed by atoms with E-state index in [1.807, 2.05) is 0 Å². The van der Waals surface area contributed by atoms with Crippen LogP contribution in [-0.4, -0.2) is 24.4 Å². The molecule has 0 heterocycles. The Balaban J connectivity index is 2.22. The number of anilines is 1. The molecule has 2 N–H and O–H groups in total.